The fraction of sp³-hybridized carbons (Fsp3) is 0.269. The van der Waals surface area contributed by atoms with Crippen molar-refractivity contribution in [2.45, 2.75) is 25.9 Å². The van der Waals surface area contributed by atoms with Gasteiger partial charge >= 0.3 is 0 Å². The van der Waals surface area contributed by atoms with E-state index >= 15 is 0 Å². The minimum Gasteiger partial charge on any atom is -0.496 e. The lowest BCUT2D eigenvalue weighted by Gasteiger charge is -2.10. The Morgan fingerprint density at radius 3 is 2.82 bits per heavy atom. The number of nitrogens with zero attached hydrogens (tertiary/aromatic N) is 3. The van der Waals surface area contributed by atoms with Crippen LogP contribution >= 0.6 is 0 Å². The third-order valence-electron chi connectivity index (χ3n) is 5.61. The Morgan fingerprint density at radius 2 is 2.15 bits per heavy atom. The summed E-state index contributed by atoms with van der Waals surface area (Å²) in [6.45, 7) is 3.07. The first kappa shape index (κ1) is 22.3. The monoisotopic (exact) mass is 442 g/mol. The molecule has 1 fully saturated rings. The molecule has 0 unspecified atom stereocenters. The van der Waals surface area contributed by atoms with Gasteiger partial charge in [-0.25, -0.2) is 4.68 Å². The summed E-state index contributed by atoms with van der Waals surface area (Å²) < 4.78 is 12.7. The van der Waals surface area contributed by atoms with Crippen molar-refractivity contribution in [2.75, 3.05) is 20.3 Å². The van der Waals surface area contributed by atoms with Crippen molar-refractivity contribution in [3.8, 4) is 28.8 Å². The van der Waals surface area contributed by atoms with Crippen molar-refractivity contribution < 1.29 is 14.3 Å². The van der Waals surface area contributed by atoms with E-state index in [2.05, 4.69) is 5.32 Å². The van der Waals surface area contributed by atoms with Gasteiger partial charge in [-0.1, -0.05) is 18.2 Å². The maximum atomic E-state index is 12.7. The summed E-state index contributed by atoms with van der Waals surface area (Å²) in [7, 11) is 1.63. The molecule has 2 aromatic carbocycles. The van der Waals surface area contributed by atoms with E-state index in [4.69, 9.17) is 14.6 Å². The molecule has 168 valence electrons. The van der Waals surface area contributed by atoms with Crippen LogP contribution in [0.3, 0.4) is 0 Å². The number of carbonyl (C=O) groups excluding carboxylic acids is 1. The molecule has 0 spiro atoms. The first-order chi connectivity index (χ1) is 16.1. The number of methoxy groups -OCH3 is 1. The number of aryl methyl sites for hydroxylation is 1. The van der Waals surface area contributed by atoms with Crippen LogP contribution in [0.5, 0.6) is 5.75 Å². The van der Waals surface area contributed by atoms with Crippen LogP contribution in [0.1, 0.15) is 24.0 Å². The smallest absolute Gasteiger partial charge is 0.262 e. The molecule has 0 saturated carbocycles. The minimum absolute atomic E-state index is 0.00700. The molecule has 0 radical (unpaired) electrons. The largest absolute Gasteiger partial charge is 0.496 e. The fourth-order valence-electron chi connectivity index (χ4n) is 3.87. The predicted molar refractivity (Wildman–Crippen MR) is 126 cm³/mol. The zero-order valence-corrected chi connectivity index (χ0v) is 18.7. The number of hydrogen-bond acceptors (Lipinski definition) is 5. The molecule has 2 heterocycles. The third kappa shape index (κ3) is 5.13. The molecule has 1 aliphatic rings. The van der Waals surface area contributed by atoms with Crippen LogP contribution in [0.4, 0.5) is 0 Å². The van der Waals surface area contributed by atoms with Crippen LogP contribution in [0, 0.1) is 18.3 Å². The molecular weight excluding hydrogens is 416 g/mol. The Hall–Kier alpha value is -3.89. The van der Waals surface area contributed by atoms with Gasteiger partial charge in [0.2, 0.25) is 0 Å². The van der Waals surface area contributed by atoms with E-state index in [1.165, 1.54) is 0 Å². The van der Waals surface area contributed by atoms with Crippen molar-refractivity contribution in [1.82, 2.24) is 15.1 Å². The Morgan fingerprint density at radius 1 is 1.33 bits per heavy atom. The highest BCUT2D eigenvalue weighted by molar-refractivity contribution is 6.02. The number of hydrogen-bond donors (Lipinski definition) is 1. The minimum atomic E-state index is -0.419. The summed E-state index contributed by atoms with van der Waals surface area (Å²) in [6.07, 6.45) is 5.33. The average Bonchev–Trinajstić information content (AvgIpc) is 3.51. The molecule has 1 N–H and O–H groups in total. The van der Waals surface area contributed by atoms with Crippen LogP contribution in [-0.2, 0) is 9.53 Å². The van der Waals surface area contributed by atoms with Crippen LogP contribution in [0.25, 0.3) is 23.0 Å². The SMILES string of the molecule is COc1ccc(-c2nn(-c3ccccc3)cc2/C=C(\C#N)C(=O)NC[C@H]2CCCO2)cc1C. The molecule has 1 atom stereocenters. The summed E-state index contributed by atoms with van der Waals surface area (Å²) in [4.78, 5) is 12.7. The Balaban J connectivity index is 1.70. The quantitative estimate of drug-likeness (QED) is 0.440. The molecule has 1 aliphatic heterocycles. The lowest BCUT2D eigenvalue weighted by Crippen LogP contribution is -2.32. The van der Waals surface area contributed by atoms with E-state index in [1.54, 1.807) is 17.9 Å². The summed E-state index contributed by atoms with van der Waals surface area (Å²) in [5.41, 5.74) is 4.08. The molecule has 7 heteroatoms. The number of para-hydroxylation sites is 1. The van der Waals surface area contributed by atoms with Gasteiger partial charge < -0.3 is 14.8 Å². The van der Waals surface area contributed by atoms with Gasteiger partial charge in [-0.3, -0.25) is 4.79 Å². The molecule has 33 heavy (non-hydrogen) atoms. The van der Waals surface area contributed by atoms with E-state index in [0.717, 1.165) is 35.4 Å². The number of carbonyl (C=O) groups is 1. The second kappa shape index (κ2) is 10.2. The van der Waals surface area contributed by atoms with E-state index < -0.39 is 5.91 Å². The summed E-state index contributed by atoms with van der Waals surface area (Å²) >= 11 is 0. The van der Waals surface area contributed by atoms with Gasteiger partial charge in [0.15, 0.2) is 0 Å². The van der Waals surface area contributed by atoms with Gasteiger partial charge in [0, 0.05) is 30.5 Å². The van der Waals surface area contributed by atoms with Crippen molar-refractivity contribution in [1.29, 1.82) is 5.26 Å². The molecule has 0 aliphatic carbocycles. The highest BCUT2D eigenvalue weighted by Gasteiger charge is 2.19. The number of amides is 1. The maximum absolute atomic E-state index is 12.7. The number of nitrogens with one attached hydrogen (secondary N) is 1. The molecule has 0 bridgehead atoms. The van der Waals surface area contributed by atoms with Crippen LogP contribution in [-0.4, -0.2) is 42.1 Å². The van der Waals surface area contributed by atoms with Gasteiger partial charge in [-0.15, -0.1) is 0 Å². The topological polar surface area (TPSA) is 89.2 Å². The summed E-state index contributed by atoms with van der Waals surface area (Å²) in [6, 6.07) is 17.5. The molecular formula is C26H26N4O3. The first-order valence-corrected chi connectivity index (χ1v) is 10.9. The Bertz CT molecular complexity index is 1200. The second-order valence-corrected chi connectivity index (χ2v) is 7.91. The standard InChI is InChI=1S/C26H26N4O3/c1-18-13-19(10-11-24(18)32-2)25-21(17-30(29-25)22-7-4-3-5-8-22)14-20(15-27)26(31)28-16-23-9-6-12-33-23/h3-5,7-8,10-11,13-14,17,23H,6,9,12,16H2,1-2H3,(H,28,31)/b20-14+/t23-/m1/s1. The van der Waals surface area contributed by atoms with Crippen LogP contribution < -0.4 is 10.1 Å². The Kier molecular flexibility index (Phi) is 6.86. The van der Waals surface area contributed by atoms with Crippen molar-refractivity contribution in [3.05, 3.63) is 71.4 Å². The van der Waals surface area contributed by atoms with E-state index in [1.807, 2.05) is 67.7 Å². The van der Waals surface area contributed by atoms with Gasteiger partial charge in [0.25, 0.3) is 5.91 Å². The van der Waals surface area contributed by atoms with Crippen molar-refractivity contribution >= 4 is 12.0 Å². The zero-order valence-electron chi connectivity index (χ0n) is 18.7. The molecule has 1 amide bonds. The number of benzene rings is 2. The lowest BCUT2D eigenvalue weighted by atomic mass is 10.0. The van der Waals surface area contributed by atoms with E-state index in [0.29, 0.717) is 24.4 Å². The van der Waals surface area contributed by atoms with Crippen LogP contribution in [0.15, 0.2) is 60.3 Å². The number of aromatic nitrogens is 2. The maximum Gasteiger partial charge on any atom is 0.262 e. The second-order valence-electron chi connectivity index (χ2n) is 7.91. The van der Waals surface area contributed by atoms with E-state index in [-0.39, 0.29) is 11.7 Å². The molecule has 7 nitrogen and oxygen atoms in total. The average molecular weight is 443 g/mol. The van der Waals surface area contributed by atoms with Crippen molar-refractivity contribution in [2.24, 2.45) is 0 Å². The normalized spacial score (nSPS) is 15.8. The van der Waals surface area contributed by atoms with Gasteiger partial charge in [-0.05, 0) is 61.7 Å². The highest BCUT2D eigenvalue weighted by Crippen LogP contribution is 2.29. The summed E-state index contributed by atoms with van der Waals surface area (Å²) in [5, 5.41) is 17.3. The highest BCUT2D eigenvalue weighted by atomic mass is 16.5. The molecule has 1 saturated heterocycles. The Labute approximate surface area is 193 Å². The zero-order chi connectivity index (χ0) is 23.2. The lowest BCUT2D eigenvalue weighted by molar-refractivity contribution is -0.117. The first-order valence-electron chi connectivity index (χ1n) is 10.9. The number of nitriles is 1. The van der Waals surface area contributed by atoms with E-state index in [9.17, 15) is 10.1 Å². The predicted octanol–water partition coefficient (Wildman–Crippen LogP) is 4.06. The van der Waals surface area contributed by atoms with Crippen molar-refractivity contribution in [3.63, 3.8) is 0 Å². The van der Waals surface area contributed by atoms with Gasteiger partial charge in [0.05, 0.1) is 18.9 Å². The molecule has 4 rings (SSSR count). The fourth-order valence-corrected chi connectivity index (χ4v) is 3.87. The van der Waals surface area contributed by atoms with Crippen LogP contribution in [0.2, 0.25) is 0 Å². The number of ether oxygens (including phenoxy) is 2. The van der Waals surface area contributed by atoms with Gasteiger partial charge in [0.1, 0.15) is 23.1 Å². The van der Waals surface area contributed by atoms with Gasteiger partial charge in [-0.2, -0.15) is 10.4 Å². The third-order valence-corrected chi connectivity index (χ3v) is 5.61. The summed E-state index contributed by atoms with van der Waals surface area (Å²) in [5.74, 6) is 0.363. The molecule has 3 aromatic rings. The molecule has 1 aromatic heterocycles. The number of rotatable bonds is 7.